The number of aromatic nitrogens is 1. The van der Waals surface area contributed by atoms with Crippen LogP contribution in [0, 0.1) is 0 Å². The van der Waals surface area contributed by atoms with Crippen molar-refractivity contribution in [2.75, 3.05) is 13.1 Å². The van der Waals surface area contributed by atoms with Gasteiger partial charge in [-0.05, 0) is 37.4 Å². The topological polar surface area (TPSA) is 45.5 Å². The summed E-state index contributed by atoms with van der Waals surface area (Å²) < 4.78 is 1.87. The van der Waals surface area contributed by atoms with Crippen molar-refractivity contribution >= 4 is 5.97 Å². The highest BCUT2D eigenvalue weighted by Gasteiger charge is 2.34. The lowest BCUT2D eigenvalue weighted by atomic mass is 10.0. The summed E-state index contributed by atoms with van der Waals surface area (Å²) in [6.07, 6.45) is 3.40. The molecule has 0 aliphatic carbocycles. The molecule has 86 valence electrons. The molecule has 3 heterocycles. The number of hydrogen-bond donors (Lipinski definition) is 1. The first-order chi connectivity index (χ1) is 7.68. The highest BCUT2D eigenvalue weighted by atomic mass is 16.4. The molecule has 2 aliphatic rings. The van der Waals surface area contributed by atoms with Crippen molar-refractivity contribution in [3.63, 3.8) is 0 Å². The molecule has 2 aliphatic heterocycles. The van der Waals surface area contributed by atoms with Crippen molar-refractivity contribution in [2.24, 2.45) is 7.05 Å². The van der Waals surface area contributed by atoms with Crippen molar-refractivity contribution in [2.45, 2.75) is 25.3 Å². The van der Waals surface area contributed by atoms with E-state index in [1.807, 2.05) is 17.7 Å². The van der Waals surface area contributed by atoms with Gasteiger partial charge in [-0.1, -0.05) is 0 Å². The molecule has 0 aromatic carbocycles. The van der Waals surface area contributed by atoms with Gasteiger partial charge in [-0.25, -0.2) is 4.79 Å². The van der Waals surface area contributed by atoms with Crippen LogP contribution in [0.2, 0.25) is 0 Å². The zero-order valence-electron chi connectivity index (χ0n) is 9.44. The van der Waals surface area contributed by atoms with Gasteiger partial charge < -0.3 is 9.67 Å². The third-order valence-corrected chi connectivity index (χ3v) is 3.93. The highest BCUT2D eigenvalue weighted by molar-refractivity contribution is 5.86. The second kappa shape index (κ2) is 3.35. The maximum Gasteiger partial charge on any atom is 0.352 e. The molecule has 1 aromatic rings. The van der Waals surface area contributed by atoms with Crippen molar-refractivity contribution in [3.8, 4) is 0 Å². The van der Waals surface area contributed by atoms with Crippen molar-refractivity contribution < 1.29 is 9.90 Å². The molecular formula is C12H16N2O2. The van der Waals surface area contributed by atoms with Gasteiger partial charge in [0.2, 0.25) is 0 Å². The number of hydrogen-bond acceptors (Lipinski definition) is 2. The number of carboxylic acids is 1. The van der Waals surface area contributed by atoms with E-state index in [0.717, 1.165) is 19.5 Å². The van der Waals surface area contributed by atoms with Crippen LogP contribution in [0.1, 0.15) is 40.6 Å². The predicted molar refractivity (Wildman–Crippen MR) is 59.6 cm³/mol. The zero-order valence-corrected chi connectivity index (χ0v) is 9.44. The summed E-state index contributed by atoms with van der Waals surface area (Å²) in [6.45, 7) is 2.25. The van der Waals surface area contributed by atoms with Crippen LogP contribution >= 0.6 is 0 Å². The molecule has 1 atom stereocenters. The maximum atomic E-state index is 11.1. The summed E-state index contributed by atoms with van der Waals surface area (Å²) in [7, 11) is 1.88. The first-order valence-electron chi connectivity index (χ1n) is 5.84. The van der Waals surface area contributed by atoms with Crippen LogP contribution in [0.5, 0.6) is 0 Å². The quantitative estimate of drug-likeness (QED) is 0.778. The Bertz CT molecular complexity index is 450. The fraction of sp³-hybridized carbons (Fsp3) is 0.583. The molecule has 0 radical (unpaired) electrons. The van der Waals surface area contributed by atoms with E-state index in [4.69, 9.17) is 5.11 Å². The van der Waals surface area contributed by atoms with E-state index in [0.29, 0.717) is 11.7 Å². The number of nitrogens with zero attached hydrogens (tertiary/aromatic N) is 2. The first kappa shape index (κ1) is 9.90. The molecule has 1 fully saturated rings. The molecular weight excluding hydrogens is 204 g/mol. The van der Waals surface area contributed by atoms with E-state index in [-0.39, 0.29) is 0 Å². The van der Waals surface area contributed by atoms with E-state index in [2.05, 4.69) is 4.90 Å². The normalized spacial score (nSPS) is 24.2. The Morgan fingerprint density at radius 1 is 1.50 bits per heavy atom. The zero-order chi connectivity index (χ0) is 11.3. The summed E-state index contributed by atoms with van der Waals surface area (Å²) in [4.78, 5) is 13.6. The van der Waals surface area contributed by atoms with Crippen LogP contribution < -0.4 is 0 Å². The standard InChI is InChI=1S/C12H16N2O2/c1-13-10(12(15)16)7-8-4-6-14-5-2-3-9(14)11(8)13/h7,9H,2-6H2,1H3,(H,15,16). The van der Waals surface area contributed by atoms with Gasteiger partial charge >= 0.3 is 5.97 Å². The van der Waals surface area contributed by atoms with E-state index in [1.54, 1.807) is 0 Å². The summed E-state index contributed by atoms with van der Waals surface area (Å²) in [6, 6.07) is 2.31. The van der Waals surface area contributed by atoms with Crippen LogP contribution in [0.3, 0.4) is 0 Å². The molecule has 3 rings (SSSR count). The lowest BCUT2D eigenvalue weighted by Gasteiger charge is -2.30. The maximum absolute atomic E-state index is 11.1. The van der Waals surface area contributed by atoms with Gasteiger partial charge in [0.25, 0.3) is 0 Å². The lowest BCUT2D eigenvalue weighted by Crippen LogP contribution is -2.31. The molecule has 0 spiro atoms. The van der Waals surface area contributed by atoms with Crippen LogP contribution in [0.15, 0.2) is 6.07 Å². The number of fused-ring (bicyclic) bond motifs is 3. The van der Waals surface area contributed by atoms with Gasteiger partial charge in [0.1, 0.15) is 5.69 Å². The molecule has 0 amide bonds. The SMILES string of the molecule is Cn1c(C(=O)O)cc2c1C1CCCN1CC2. The second-order valence-corrected chi connectivity index (χ2v) is 4.75. The van der Waals surface area contributed by atoms with Gasteiger partial charge in [0.05, 0.1) is 6.04 Å². The third-order valence-electron chi connectivity index (χ3n) is 3.93. The highest BCUT2D eigenvalue weighted by Crippen LogP contribution is 2.38. The van der Waals surface area contributed by atoms with Crippen LogP contribution in [0.25, 0.3) is 0 Å². The van der Waals surface area contributed by atoms with Gasteiger partial charge in [0.15, 0.2) is 0 Å². The number of rotatable bonds is 1. The molecule has 4 heteroatoms. The van der Waals surface area contributed by atoms with Gasteiger partial charge in [0, 0.05) is 19.3 Å². The molecule has 4 nitrogen and oxygen atoms in total. The van der Waals surface area contributed by atoms with Gasteiger partial charge in [-0.3, -0.25) is 4.90 Å². The van der Waals surface area contributed by atoms with Crippen molar-refractivity contribution in [1.29, 1.82) is 0 Å². The van der Waals surface area contributed by atoms with Crippen LogP contribution in [-0.2, 0) is 13.5 Å². The Hall–Kier alpha value is -1.29. The largest absolute Gasteiger partial charge is 0.477 e. The summed E-state index contributed by atoms with van der Waals surface area (Å²) in [5.74, 6) is -0.818. The first-order valence-corrected chi connectivity index (χ1v) is 5.84. The minimum atomic E-state index is -0.818. The van der Waals surface area contributed by atoms with Crippen molar-refractivity contribution in [1.82, 2.24) is 9.47 Å². The molecule has 1 saturated heterocycles. The Morgan fingerprint density at radius 2 is 2.31 bits per heavy atom. The van der Waals surface area contributed by atoms with Crippen LogP contribution in [0.4, 0.5) is 0 Å². The average molecular weight is 220 g/mol. The van der Waals surface area contributed by atoms with E-state index < -0.39 is 5.97 Å². The molecule has 0 saturated carbocycles. The van der Waals surface area contributed by atoms with Gasteiger partial charge in [-0.2, -0.15) is 0 Å². The average Bonchev–Trinajstić information content (AvgIpc) is 2.81. The Labute approximate surface area is 94.5 Å². The molecule has 16 heavy (non-hydrogen) atoms. The van der Waals surface area contributed by atoms with Crippen LogP contribution in [-0.4, -0.2) is 33.6 Å². The summed E-state index contributed by atoms with van der Waals surface area (Å²) >= 11 is 0. The van der Waals surface area contributed by atoms with Gasteiger partial charge in [-0.15, -0.1) is 0 Å². The second-order valence-electron chi connectivity index (χ2n) is 4.75. The predicted octanol–water partition coefficient (Wildman–Crippen LogP) is 1.42. The lowest BCUT2D eigenvalue weighted by molar-refractivity contribution is 0.0685. The monoisotopic (exact) mass is 220 g/mol. The van der Waals surface area contributed by atoms with E-state index in [9.17, 15) is 4.79 Å². The Balaban J connectivity index is 2.11. The number of carbonyl (C=O) groups is 1. The fourth-order valence-electron chi connectivity index (χ4n) is 3.19. The molecule has 1 N–H and O–H groups in total. The molecule has 1 unspecified atom stereocenters. The Kier molecular flexibility index (Phi) is 2.07. The van der Waals surface area contributed by atoms with E-state index >= 15 is 0 Å². The summed E-state index contributed by atoms with van der Waals surface area (Å²) in [5.41, 5.74) is 2.91. The smallest absolute Gasteiger partial charge is 0.352 e. The summed E-state index contributed by atoms with van der Waals surface area (Å²) in [5, 5.41) is 9.12. The minimum Gasteiger partial charge on any atom is -0.477 e. The third kappa shape index (κ3) is 1.23. The number of carboxylic acid groups (broad SMARTS) is 1. The number of aromatic carboxylic acids is 1. The molecule has 0 bridgehead atoms. The Morgan fingerprint density at radius 3 is 3.06 bits per heavy atom. The van der Waals surface area contributed by atoms with Crippen molar-refractivity contribution in [3.05, 3.63) is 23.0 Å². The molecule has 1 aromatic heterocycles. The minimum absolute atomic E-state index is 0.429. The van der Waals surface area contributed by atoms with E-state index in [1.165, 1.54) is 24.1 Å². The fourth-order valence-corrected chi connectivity index (χ4v) is 3.19.